The van der Waals surface area contributed by atoms with Crippen LogP contribution < -0.4 is 20.3 Å². The summed E-state index contributed by atoms with van der Waals surface area (Å²) in [4.78, 5) is 15.1. The van der Waals surface area contributed by atoms with Gasteiger partial charge in [-0.25, -0.2) is 13.9 Å². The van der Waals surface area contributed by atoms with E-state index >= 15 is 0 Å². The van der Waals surface area contributed by atoms with Gasteiger partial charge in [0, 0.05) is 31.4 Å². The van der Waals surface area contributed by atoms with E-state index in [1.165, 1.54) is 18.6 Å². The maximum Gasteiger partial charge on any atom is 0.324 e. The number of piperidine rings is 1. The van der Waals surface area contributed by atoms with Crippen molar-refractivity contribution in [3.63, 3.8) is 0 Å². The van der Waals surface area contributed by atoms with Crippen LogP contribution in [-0.4, -0.2) is 36.0 Å². The molecule has 32 heavy (non-hydrogen) atoms. The van der Waals surface area contributed by atoms with Gasteiger partial charge in [0.2, 0.25) is 0 Å². The Hall–Kier alpha value is -3.55. The number of aryl methyl sites for hydroxylation is 2. The number of nitrogens with one attached hydrogen (secondary N) is 2. The van der Waals surface area contributed by atoms with Crippen molar-refractivity contribution in [3.05, 3.63) is 53.8 Å². The topological polar surface area (TPSA) is 71.4 Å². The second kappa shape index (κ2) is 9.30. The number of methoxy groups -OCH3 is 1. The number of halogens is 1. The summed E-state index contributed by atoms with van der Waals surface area (Å²) < 4.78 is 20.8. The van der Waals surface area contributed by atoms with Gasteiger partial charge in [-0.2, -0.15) is 5.10 Å². The minimum absolute atomic E-state index is 0.319. The van der Waals surface area contributed by atoms with Gasteiger partial charge in [0.05, 0.1) is 7.11 Å². The lowest BCUT2D eigenvalue weighted by atomic mass is 10.1. The van der Waals surface area contributed by atoms with Crippen LogP contribution in [0.5, 0.6) is 5.75 Å². The summed E-state index contributed by atoms with van der Waals surface area (Å²) >= 11 is 0. The minimum Gasteiger partial charge on any atom is -0.497 e. The summed E-state index contributed by atoms with van der Waals surface area (Å²) in [6.45, 7) is 3.63. The van der Waals surface area contributed by atoms with Gasteiger partial charge in [0.15, 0.2) is 5.82 Å². The number of anilines is 3. The lowest BCUT2D eigenvalue weighted by Crippen LogP contribution is -2.31. The molecule has 2 N–H and O–H groups in total. The number of hydrogen-bond donors (Lipinski definition) is 2. The standard InChI is InChI=1S/C24H28FN5O2/c1-16-14-19(32-3)10-11-20(16)26-24(31)27-23-22(30-12-5-4-6-13-30)21(28-29(23)2)17-8-7-9-18(25)15-17/h7-11,14-15H,4-6,12-13H2,1-3H3,(H2,26,27,31). The molecule has 0 radical (unpaired) electrons. The Kier molecular flexibility index (Phi) is 6.30. The summed E-state index contributed by atoms with van der Waals surface area (Å²) in [6, 6.07) is 11.5. The first kappa shape index (κ1) is 21.7. The molecule has 168 valence electrons. The molecule has 1 aromatic heterocycles. The predicted molar refractivity (Wildman–Crippen MR) is 125 cm³/mol. The lowest BCUT2D eigenvalue weighted by Gasteiger charge is -2.29. The van der Waals surface area contributed by atoms with Crippen molar-refractivity contribution in [1.82, 2.24) is 9.78 Å². The van der Waals surface area contributed by atoms with E-state index in [2.05, 4.69) is 20.6 Å². The fourth-order valence-corrected chi connectivity index (χ4v) is 4.06. The van der Waals surface area contributed by atoms with Crippen molar-refractivity contribution < 1.29 is 13.9 Å². The van der Waals surface area contributed by atoms with Gasteiger partial charge in [-0.05, 0) is 62.1 Å². The third-order valence-electron chi connectivity index (χ3n) is 5.71. The van der Waals surface area contributed by atoms with Crippen molar-refractivity contribution in [1.29, 1.82) is 0 Å². The fourth-order valence-electron chi connectivity index (χ4n) is 4.06. The van der Waals surface area contributed by atoms with E-state index in [9.17, 15) is 9.18 Å². The molecule has 0 aliphatic carbocycles. The lowest BCUT2D eigenvalue weighted by molar-refractivity contribution is 0.262. The van der Waals surface area contributed by atoms with Crippen LogP contribution in [0.1, 0.15) is 24.8 Å². The fraction of sp³-hybridized carbons (Fsp3) is 0.333. The quantitative estimate of drug-likeness (QED) is 0.577. The largest absolute Gasteiger partial charge is 0.497 e. The smallest absolute Gasteiger partial charge is 0.324 e. The highest BCUT2D eigenvalue weighted by molar-refractivity contribution is 6.03. The molecule has 0 saturated carbocycles. The molecule has 0 spiro atoms. The van der Waals surface area contributed by atoms with Crippen LogP contribution in [0.15, 0.2) is 42.5 Å². The molecule has 1 aliphatic rings. The van der Waals surface area contributed by atoms with E-state index in [0.29, 0.717) is 22.8 Å². The maximum absolute atomic E-state index is 13.9. The molecular formula is C24H28FN5O2. The normalized spacial score (nSPS) is 13.7. The third-order valence-corrected chi connectivity index (χ3v) is 5.71. The Morgan fingerprint density at radius 3 is 2.56 bits per heavy atom. The van der Waals surface area contributed by atoms with Crippen LogP contribution in [0, 0.1) is 12.7 Å². The molecule has 2 heterocycles. The van der Waals surface area contributed by atoms with Gasteiger partial charge >= 0.3 is 6.03 Å². The van der Waals surface area contributed by atoms with E-state index in [0.717, 1.165) is 42.9 Å². The number of carbonyl (C=O) groups is 1. The summed E-state index contributed by atoms with van der Waals surface area (Å²) in [7, 11) is 3.39. The number of ether oxygens (including phenoxy) is 1. The minimum atomic E-state index is -0.370. The van der Waals surface area contributed by atoms with Gasteiger partial charge in [0.25, 0.3) is 0 Å². The van der Waals surface area contributed by atoms with Crippen LogP contribution in [0.25, 0.3) is 11.3 Å². The molecule has 8 heteroatoms. The number of hydrogen-bond acceptors (Lipinski definition) is 4. The number of aromatic nitrogens is 2. The van der Waals surface area contributed by atoms with E-state index in [1.54, 1.807) is 37.0 Å². The Morgan fingerprint density at radius 2 is 1.88 bits per heavy atom. The Balaban J connectivity index is 1.66. The zero-order valence-electron chi connectivity index (χ0n) is 18.6. The van der Waals surface area contributed by atoms with E-state index in [4.69, 9.17) is 4.74 Å². The molecule has 1 saturated heterocycles. The molecule has 4 rings (SSSR count). The van der Waals surface area contributed by atoms with Gasteiger partial charge in [0.1, 0.15) is 22.9 Å². The van der Waals surface area contributed by atoms with Crippen LogP contribution in [0.3, 0.4) is 0 Å². The number of carbonyl (C=O) groups excluding carboxylic acids is 1. The predicted octanol–water partition coefficient (Wildman–Crippen LogP) is 5.18. The van der Waals surface area contributed by atoms with Crippen LogP contribution in [-0.2, 0) is 7.05 Å². The van der Waals surface area contributed by atoms with Crippen LogP contribution >= 0.6 is 0 Å². The average molecular weight is 438 g/mol. The Morgan fingerprint density at radius 1 is 1.09 bits per heavy atom. The maximum atomic E-state index is 13.9. The van der Waals surface area contributed by atoms with Crippen molar-refractivity contribution in [3.8, 4) is 17.0 Å². The monoisotopic (exact) mass is 437 g/mol. The zero-order valence-corrected chi connectivity index (χ0v) is 18.6. The van der Waals surface area contributed by atoms with Gasteiger partial charge in [-0.1, -0.05) is 12.1 Å². The molecule has 2 aromatic carbocycles. The Bertz CT molecular complexity index is 1120. The Labute approximate surface area is 187 Å². The first-order valence-corrected chi connectivity index (χ1v) is 10.8. The molecular weight excluding hydrogens is 409 g/mol. The summed E-state index contributed by atoms with van der Waals surface area (Å²) in [5.41, 5.74) is 3.74. The van der Waals surface area contributed by atoms with Crippen molar-refractivity contribution in [2.75, 3.05) is 35.7 Å². The van der Waals surface area contributed by atoms with Crippen LogP contribution in [0.2, 0.25) is 0 Å². The average Bonchev–Trinajstić information content (AvgIpc) is 3.11. The SMILES string of the molecule is COc1ccc(NC(=O)Nc2c(N3CCCCC3)c(-c3cccc(F)c3)nn2C)c(C)c1. The highest BCUT2D eigenvalue weighted by Crippen LogP contribution is 2.38. The van der Waals surface area contributed by atoms with Gasteiger partial charge in [-0.3, -0.25) is 5.32 Å². The first-order chi connectivity index (χ1) is 15.5. The van der Waals surface area contributed by atoms with E-state index < -0.39 is 0 Å². The van der Waals surface area contributed by atoms with E-state index in [-0.39, 0.29) is 11.8 Å². The molecule has 1 aliphatic heterocycles. The third kappa shape index (κ3) is 4.54. The zero-order chi connectivity index (χ0) is 22.7. The van der Waals surface area contributed by atoms with E-state index in [1.807, 2.05) is 19.1 Å². The van der Waals surface area contributed by atoms with Gasteiger partial charge in [-0.15, -0.1) is 0 Å². The second-order valence-electron chi connectivity index (χ2n) is 7.99. The van der Waals surface area contributed by atoms with Crippen molar-refractivity contribution >= 4 is 23.2 Å². The highest BCUT2D eigenvalue weighted by atomic mass is 19.1. The molecule has 0 unspecified atom stereocenters. The van der Waals surface area contributed by atoms with Crippen molar-refractivity contribution in [2.45, 2.75) is 26.2 Å². The van der Waals surface area contributed by atoms with Gasteiger partial charge < -0.3 is 15.0 Å². The molecule has 7 nitrogen and oxygen atoms in total. The molecule has 0 atom stereocenters. The summed E-state index contributed by atoms with van der Waals surface area (Å²) in [5, 5.41) is 10.5. The highest BCUT2D eigenvalue weighted by Gasteiger charge is 2.26. The molecule has 2 amide bonds. The number of amides is 2. The van der Waals surface area contributed by atoms with Crippen LogP contribution in [0.4, 0.5) is 26.4 Å². The number of benzene rings is 2. The number of rotatable bonds is 5. The molecule has 3 aromatic rings. The second-order valence-corrected chi connectivity index (χ2v) is 7.99. The summed E-state index contributed by atoms with van der Waals surface area (Å²) in [5.74, 6) is 0.988. The first-order valence-electron chi connectivity index (χ1n) is 10.8. The molecule has 0 bridgehead atoms. The number of urea groups is 1. The summed E-state index contributed by atoms with van der Waals surface area (Å²) in [6.07, 6.45) is 3.30. The molecule has 1 fully saturated rings. The number of nitrogens with zero attached hydrogens (tertiary/aromatic N) is 3. The van der Waals surface area contributed by atoms with Crippen molar-refractivity contribution in [2.24, 2.45) is 7.05 Å².